The third-order valence-electron chi connectivity index (χ3n) is 8.18. The minimum absolute atomic E-state index is 0.0351. The van der Waals surface area contributed by atoms with E-state index in [9.17, 15) is 24.3 Å². The Hall–Kier alpha value is -4.90. The van der Waals surface area contributed by atoms with E-state index in [4.69, 9.17) is 10.5 Å². The van der Waals surface area contributed by atoms with Gasteiger partial charge in [0.05, 0.1) is 18.7 Å². The molecule has 0 radical (unpaired) electrons. The van der Waals surface area contributed by atoms with Crippen LogP contribution in [0.3, 0.4) is 0 Å². The molecule has 50 heavy (non-hydrogen) atoms. The van der Waals surface area contributed by atoms with Gasteiger partial charge in [-0.25, -0.2) is 9.59 Å². The molecule has 0 heterocycles. The number of benzene rings is 3. The third kappa shape index (κ3) is 14.3. The number of aliphatic hydroxyl groups is 1. The van der Waals surface area contributed by atoms with Crippen LogP contribution in [0.15, 0.2) is 91.0 Å². The van der Waals surface area contributed by atoms with Gasteiger partial charge in [-0.15, -0.1) is 0 Å². The molecule has 0 saturated carbocycles. The minimum Gasteiger partial charge on any atom is -0.445 e. The van der Waals surface area contributed by atoms with E-state index in [-0.39, 0.29) is 38.0 Å². The summed E-state index contributed by atoms with van der Waals surface area (Å²) in [5.41, 5.74) is 8.26. The molecule has 0 unspecified atom stereocenters. The highest BCUT2D eigenvalue weighted by molar-refractivity contribution is 5.91. The predicted molar refractivity (Wildman–Crippen MR) is 194 cm³/mol. The Labute approximate surface area is 296 Å². The molecule has 4 atom stereocenters. The van der Waals surface area contributed by atoms with Crippen LogP contribution < -0.4 is 21.7 Å². The normalized spacial score (nSPS) is 13.5. The van der Waals surface area contributed by atoms with E-state index in [0.717, 1.165) is 16.7 Å². The highest BCUT2D eigenvalue weighted by atomic mass is 16.5. The second-order valence-electron chi connectivity index (χ2n) is 13.5. The molecule has 0 spiro atoms. The number of rotatable bonds is 19. The second kappa shape index (κ2) is 20.6. The molecule has 0 aliphatic heterocycles. The molecule has 0 bridgehead atoms. The molecule has 0 aromatic heterocycles. The molecule has 0 aliphatic carbocycles. The summed E-state index contributed by atoms with van der Waals surface area (Å²) >= 11 is 0. The first-order valence-electron chi connectivity index (χ1n) is 17.3. The van der Waals surface area contributed by atoms with Crippen LogP contribution in [0.4, 0.5) is 9.59 Å². The number of nitrogens with zero attached hydrogens (tertiary/aromatic N) is 1. The summed E-state index contributed by atoms with van der Waals surface area (Å²) in [6, 6.07) is 25.1. The van der Waals surface area contributed by atoms with Gasteiger partial charge >= 0.3 is 12.1 Å². The molecule has 3 rings (SSSR count). The first-order valence-corrected chi connectivity index (χ1v) is 17.3. The Morgan fingerprint density at radius 3 is 1.78 bits per heavy atom. The second-order valence-corrected chi connectivity index (χ2v) is 13.5. The van der Waals surface area contributed by atoms with Crippen molar-refractivity contribution in [2.24, 2.45) is 17.6 Å². The zero-order chi connectivity index (χ0) is 36.5. The first-order chi connectivity index (χ1) is 23.9. The number of hydrogen-bond donors (Lipinski definition) is 5. The number of primary amides is 1. The average Bonchev–Trinajstić information content (AvgIpc) is 3.09. The Morgan fingerprint density at radius 2 is 1.24 bits per heavy atom. The van der Waals surface area contributed by atoms with Crippen molar-refractivity contribution in [3.8, 4) is 0 Å². The largest absolute Gasteiger partial charge is 0.445 e. The number of nitrogens with two attached hydrogens (primary N) is 1. The maximum atomic E-state index is 14.0. The van der Waals surface area contributed by atoms with Gasteiger partial charge in [-0.1, -0.05) is 119 Å². The molecule has 0 saturated heterocycles. The summed E-state index contributed by atoms with van der Waals surface area (Å²) in [6.07, 6.45) is -0.472. The monoisotopic (exact) mass is 687 g/mol. The lowest BCUT2D eigenvalue weighted by atomic mass is 10.00. The van der Waals surface area contributed by atoms with Crippen LogP contribution in [0.25, 0.3) is 0 Å². The van der Waals surface area contributed by atoms with Crippen LogP contribution in [0.5, 0.6) is 0 Å². The summed E-state index contributed by atoms with van der Waals surface area (Å²) in [7, 11) is 0. The number of urea groups is 1. The smallest absolute Gasteiger partial charge is 0.407 e. The van der Waals surface area contributed by atoms with Crippen molar-refractivity contribution in [3.05, 3.63) is 108 Å². The molecule has 3 aromatic carbocycles. The lowest BCUT2D eigenvalue weighted by Gasteiger charge is -2.32. The number of nitrogens with one attached hydrogen (secondary N) is 3. The number of alkyl carbamates (subject to hydrolysis) is 1. The molecule has 11 heteroatoms. The average molecular weight is 688 g/mol. The van der Waals surface area contributed by atoms with Gasteiger partial charge in [0, 0.05) is 6.54 Å². The Kier molecular flexibility index (Phi) is 16.3. The van der Waals surface area contributed by atoms with Crippen LogP contribution in [-0.4, -0.2) is 71.3 Å². The van der Waals surface area contributed by atoms with Crippen molar-refractivity contribution >= 4 is 23.9 Å². The minimum atomic E-state index is -1.20. The highest BCUT2D eigenvalue weighted by Gasteiger charge is 2.31. The van der Waals surface area contributed by atoms with Crippen molar-refractivity contribution in [1.29, 1.82) is 0 Å². The zero-order valence-electron chi connectivity index (χ0n) is 29.6. The van der Waals surface area contributed by atoms with E-state index < -0.39 is 48.2 Å². The van der Waals surface area contributed by atoms with Gasteiger partial charge in [-0.05, 0) is 54.2 Å². The predicted octanol–water partition coefficient (Wildman–Crippen LogP) is 4.57. The molecular weight excluding hydrogens is 634 g/mol. The summed E-state index contributed by atoms with van der Waals surface area (Å²) < 4.78 is 5.46. The van der Waals surface area contributed by atoms with Crippen molar-refractivity contribution in [2.45, 2.75) is 84.2 Å². The Balaban J connectivity index is 1.82. The molecule has 11 nitrogen and oxygen atoms in total. The fourth-order valence-electron chi connectivity index (χ4n) is 5.54. The summed E-state index contributed by atoms with van der Waals surface area (Å²) in [5, 5.41) is 20.0. The first kappa shape index (κ1) is 39.5. The van der Waals surface area contributed by atoms with Crippen molar-refractivity contribution in [1.82, 2.24) is 20.9 Å². The van der Waals surface area contributed by atoms with E-state index in [2.05, 4.69) is 16.0 Å². The summed E-state index contributed by atoms with van der Waals surface area (Å²) in [6.45, 7) is 7.83. The van der Waals surface area contributed by atoms with Crippen molar-refractivity contribution in [3.63, 3.8) is 0 Å². The van der Waals surface area contributed by atoms with E-state index in [1.54, 1.807) is 0 Å². The number of ether oxygens (including phenoxy) is 1. The highest BCUT2D eigenvalue weighted by Crippen LogP contribution is 2.13. The number of amides is 5. The maximum Gasteiger partial charge on any atom is 0.407 e. The van der Waals surface area contributed by atoms with Gasteiger partial charge < -0.3 is 36.4 Å². The summed E-state index contributed by atoms with van der Waals surface area (Å²) in [5.74, 6) is -1.01. The lowest BCUT2D eigenvalue weighted by Crippen LogP contribution is -2.57. The van der Waals surface area contributed by atoms with Crippen LogP contribution in [-0.2, 0) is 33.8 Å². The zero-order valence-corrected chi connectivity index (χ0v) is 29.6. The van der Waals surface area contributed by atoms with E-state index >= 15 is 0 Å². The van der Waals surface area contributed by atoms with Crippen LogP contribution in [0, 0.1) is 11.8 Å². The third-order valence-corrected chi connectivity index (χ3v) is 8.18. The quantitative estimate of drug-likeness (QED) is 0.124. The van der Waals surface area contributed by atoms with Gasteiger partial charge in [-0.2, -0.15) is 0 Å². The SMILES string of the molecule is CC(C)C[C@H](NC(=O)[C@H](CC(C)C)NC(=O)N(CCc1ccccc1)C[C@@H](O)[C@H](Cc1ccccc1)NC(=O)OCc1ccccc1)C(N)=O. The fraction of sp³-hybridized carbons (Fsp3) is 0.436. The molecule has 0 fully saturated rings. The standard InChI is InChI=1S/C39H53N5O6/c1-27(2)22-33(36(40)46)41-37(47)34(23-28(3)4)42-38(48)44(21-20-29-14-8-5-9-15-29)25-35(45)32(24-30-16-10-6-11-17-30)43-39(49)50-26-31-18-12-7-13-19-31/h5-19,27-28,32-35,45H,20-26H2,1-4H3,(H2,40,46)(H,41,47)(H,42,48)(H,43,49)/t32-,33-,34-,35+/m0/s1. The van der Waals surface area contributed by atoms with Gasteiger partial charge in [0.2, 0.25) is 11.8 Å². The topological polar surface area (TPSA) is 163 Å². The van der Waals surface area contributed by atoms with E-state index in [1.165, 1.54) is 4.90 Å². The molecule has 3 aromatic rings. The van der Waals surface area contributed by atoms with E-state index in [0.29, 0.717) is 19.3 Å². The Bertz CT molecular complexity index is 1470. The molecule has 5 amide bonds. The molecule has 6 N–H and O–H groups in total. The molecule has 270 valence electrons. The Morgan fingerprint density at radius 1 is 0.720 bits per heavy atom. The van der Waals surface area contributed by atoms with Crippen LogP contribution in [0.2, 0.25) is 0 Å². The number of aliphatic hydroxyl groups excluding tert-OH is 1. The maximum absolute atomic E-state index is 14.0. The van der Waals surface area contributed by atoms with E-state index in [1.807, 2.05) is 119 Å². The number of carbonyl (C=O) groups is 4. The van der Waals surface area contributed by atoms with Gasteiger partial charge in [-0.3, -0.25) is 9.59 Å². The number of carbonyl (C=O) groups excluding carboxylic acids is 4. The van der Waals surface area contributed by atoms with Gasteiger partial charge in [0.15, 0.2) is 0 Å². The van der Waals surface area contributed by atoms with Gasteiger partial charge in [0.1, 0.15) is 18.7 Å². The number of hydrogen-bond acceptors (Lipinski definition) is 6. The van der Waals surface area contributed by atoms with Crippen LogP contribution in [0.1, 0.15) is 57.2 Å². The van der Waals surface area contributed by atoms with Gasteiger partial charge in [0.25, 0.3) is 0 Å². The lowest BCUT2D eigenvalue weighted by molar-refractivity contribution is -0.129. The summed E-state index contributed by atoms with van der Waals surface area (Å²) in [4.78, 5) is 54.0. The fourth-order valence-corrected chi connectivity index (χ4v) is 5.54. The van der Waals surface area contributed by atoms with Crippen molar-refractivity contribution < 1.29 is 29.0 Å². The van der Waals surface area contributed by atoms with Crippen molar-refractivity contribution in [2.75, 3.05) is 13.1 Å². The molecule has 0 aliphatic rings. The molecular formula is C39H53N5O6. The van der Waals surface area contributed by atoms with Crippen LogP contribution >= 0.6 is 0 Å².